The Morgan fingerprint density at radius 1 is 1.12 bits per heavy atom. The first-order valence-corrected chi connectivity index (χ1v) is 5.47. The normalized spacial score (nSPS) is 14.5. The van der Waals surface area contributed by atoms with Crippen LogP contribution in [0.1, 0.15) is 18.1 Å². The predicted octanol–water partition coefficient (Wildman–Crippen LogP) is 0.732. The van der Waals surface area contributed by atoms with Crippen molar-refractivity contribution in [3.63, 3.8) is 0 Å². The lowest BCUT2D eigenvalue weighted by molar-refractivity contribution is 0.0140. The molecule has 4 heteroatoms. The first kappa shape index (κ1) is 13.0. The molecular formula is C12H20N2O2. The number of nitrogens with one attached hydrogen (secondary N) is 2. The van der Waals surface area contributed by atoms with E-state index in [9.17, 15) is 10.2 Å². The summed E-state index contributed by atoms with van der Waals surface area (Å²) in [6.07, 6.45) is -1.02. The highest BCUT2D eigenvalue weighted by Gasteiger charge is 2.17. The summed E-state index contributed by atoms with van der Waals surface area (Å²) in [6.45, 7) is 0.687. The van der Waals surface area contributed by atoms with Crippen LogP contribution in [0.15, 0.2) is 24.3 Å². The molecule has 4 N–H and O–H groups in total. The van der Waals surface area contributed by atoms with Crippen LogP contribution >= 0.6 is 0 Å². The standard InChI is InChI=1S/C12H20N2O2/c1-13-8-7-11(15)12(16)9-3-5-10(14-2)6-4-9/h3-6,11-16H,7-8H2,1-2H3. The fourth-order valence-electron chi connectivity index (χ4n) is 1.52. The van der Waals surface area contributed by atoms with Gasteiger partial charge in [-0.2, -0.15) is 0 Å². The number of aliphatic hydroxyl groups is 2. The maximum absolute atomic E-state index is 9.88. The van der Waals surface area contributed by atoms with E-state index < -0.39 is 12.2 Å². The molecule has 0 radical (unpaired) electrons. The second-order valence-corrected chi connectivity index (χ2v) is 3.78. The molecule has 0 saturated carbocycles. The first-order valence-electron chi connectivity index (χ1n) is 5.47. The van der Waals surface area contributed by atoms with Crippen molar-refractivity contribution in [2.45, 2.75) is 18.6 Å². The molecule has 0 saturated heterocycles. The van der Waals surface area contributed by atoms with E-state index in [2.05, 4.69) is 10.6 Å². The molecule has 0 heterocycles. The summed E-state index contributed by atoms with van der Waals surface area (Å²) in [5.74, 6) is 0. The third-order valence-corrected chi connectivity index (χ3v) is 2.60. The molecule has 0 aliphatic rings. The fourth-order valence-corrected chi connectivity index (χ4v) is 1.52. The third kappa shape index (κ3) is 3.48. The SMILES string of the molecule is CNCCC(O)C(O)c1ccc(NC)cc1. The zero-order valence-electron chi connectivity index (χ0n) is 9.77. The Hall–Kier alpha value is -1.10. The van der Waals surface area contributed by atoms with Crippen LogP contribution in [0.2, 0.25) is 0 Å². The second-order valence-electron chi connectivity index (χ2n) is 3.78. The third-order valence-electron chi connectivity index (χ3n) is 2.60. The minimum absolute atomic E-state index is 0.533. The van der Waals surface area contributed by atoms with Gasteiger partial charge in [-0.15, -0.1) is 0 Å². The molecule has 0 aliphatic carbocycles. The minimum Gasteiger partial charge on any atom is -0.390 e. The van der Waals surface area contributed by atoms with Gasteiger partial charge in [0.15, 0.2) is 0 Å². The zero-order chi connectivity index (χ0) is 12.0. The maximum Gasteiger partial charge on any atom is 0.105 e. The number of hydrogen-bond acceptors (Lipinski definition) is 4. The highest BCUT2D eigenvalue weighted by atomic mass is 16.3. The molecule has 0 bridgehead atoms. The summed E-state index contributed by atoms with van der Waals surface area (Å²) in [5, 5.41) is 25.5. The fraction of sp³-hybridized carbons (Fsp3) is 0.500. The van der Waals surface area contributed by atoms with Crippen LogP contribution in [-0.4, -0.2) is 37.0 Å². The van der Waals surface area contributed by atoms with Gasteiger partial charge in [-0.1, -0.05) is 12.1 Å². The van der Waals surface area contributed by atoms with Crippen molar-refractivity contribution in [1.82, 2.24) is 5.32 Å². The molecule has 4 nitrogen and oxygen atoms in total. The minimum atomic E-state index is -0.820. The average Bonchev–Trinajstić information content (AvgIpc) is 2.35. The second kappa shape index (κ2) is 6.48. The zero-order valence-corrected chi connectivity index (χ0v) is 9.77. The van der Waals surface area contributed by atoms with Crippen LogP contribution in [0, 0.1) is 0 Å². The number of benzene rings is 1. The van der Waals surface area contributed by atoms with Gasteiger partial charge in [0, 0.05) is 12.7 Å². The summed E-state index contributed by atoms with van der Waals surface area (Å²) in [7, 11) is 3.66. The van der Waals surface area contributed by atoms with Crippen molar-refractivity contribution in [2.24, 2.45) is 0 Å². The van der Waals surface area contributed by atoms with Crippen molar-refractivity contribution in [2.75, 3.05) is 26.0 Å². The molecular weight excluding hydrogens is 204 g/mol. The van der Waals surface area contributed by atoms with Crippen molar-refractivity contribution >= 4 is 5.69 Å². The molecule has 90 valence electrons. The monoisotopic (exact) mass is 224 g/mol. The molecule has 0 aliphatic heterocycles. The van der Waals surface area contributed by atoms with Crippen LogP contribution in [0.4, 0.5) is 5.69 Å². The van der Waals surface area contributed by atoms with Crippen LogP contribution in [-0.2, 0) is 0 Å². The van der Waals surface area contributed by atoms with Crippen LogP contribution in [0.5, 0.6) is 0 Å². The lowest BCUT2D eigenvalue weighted by Gasteiger charge is -2.18. The van der Waals surface area contributed by atoms with Crippen molar-refractivity contribution < 1.29 is 10.2 Å². The van der Waals surface area contributed by atoms with E-state index in [0.717, 1.165) is 11.3 Å². The Bertz CT molecular complexity index is 300. The molecule has 1 aromatic carbocycles. The quantitative estimate of drug-likeness (QED) is 0.575. The Morgan fingerprint density at radius 2 is 1.75 bits per heavy atom. The Kier molecular flexibility index (Phi) is 5.25. The molecule has 2 atom stereocenters. The lowest BCUT2D eigenvalue weighted by Crippen LogP contribution is -2.23. The summed E-state index contributed by atoms with van der Waals surface area (Å²) in [6, 6.07) is 7.39. The van der Waals surface area contributed by atoms with Gasteiger partial charge < -0.3 is 20.8 Å². The highest BCUT2D eigenvalue weighted by Crippen LogP contribution is 2.20. The van der Waals surface area contributed by atoms with Gasteiger partial charge in [0.2, 0.25) is 0 Å². The molecule has 0 amide bonds. The van der Waals surface area contributed by atoms with E-state index in [1.807, 2.05) is 38.4 Å². The number of aliphatic hydroxyl groups excluding tert-OH is 2. The summed E-state index contributed by atoms with van der Waals surface area (Å²) >= 11 is 0. The molecule has 0 aromatic heterocycles. The molecule has 2 unspecified atom stereocenters. The van der Waals surface area contributed by atoms with E-state index in [4.69, 9.17) is 0 Å². The van der Waals surface area contributed by atoms with Gasteiger partial charge in [-0.05, 0) is 37.7 Å². The molecule has 1 aromatic rings. The first-order chi connectivity index (χ1) is 7.69. The summed E-state index contributed by atoms with van der Waals surface area (Å²) < 4.78 is 0. The number of anilines is 1. The predicted molar refractivity (Wildman–Crippen MR) is 65.5 cm³/mol. The van der Waals surface area contributed by atoms with E-state index in [-0.39, 0.29) is 0 Å². The molecule has 1 rings (SSSR count). The highest BCUT2D eigenvalue weighted by molar-refractivity contribution is 5.44. The summed E-state index contributed by atoms with van der Waals surface area (Å²) in [5.41, 5.74) is 1.73. The lowest BCUT2D eigenvalue weighted by atomic mass is 10.0. The average molecular weight is 224 g/mol. The topological polar surface area (TPSA) is 64.5 Å². The van der Waals surface area contributed by atoms with Crippen LogP contribution in [0.3, 0.4) is 0 Å². The Balaban J connectivity index is 2.60. The van der Waals surface area contributed by atoms with Gasteiger partial charge >= 0.3 is 0 Å². The largest absolute Gasteiger partial charge is 0.390 e. The van der Waals surface area contributed by atoms with Gasteiger partial charge in [0.1, 0.15) is 6.10 Å². The smallest absolute Gasteiger partial charge is 0.105 e. The van der Waals surface area contributed by atoms with Crippen LogP contribution in [0.25, 0.3) is 0 Å². The number of rotatable bonds is 6. The maximum atomic E-state index is 9.88. The van der Waals surface area contributed by atoms with Crippen molar-refractivity contribution in [3.05, 3.63) is 29.8 Å². The Morgan fingerprint density at radius 3 is 2.25 bits per heavy atom. The van der Waals surface area contributed by atoms with Gasteiger partial charge in [-0.25, -0.2) is 0 Å². The van der Waals surface area contributed by atoms with E-state index in [1.165, 1.54) is 0 Å². The molecule has 0 fully saturated rings. The number of hydrogen-bond donors (Lipinski definition) is 4. The van der Waals surface area contributed by atoms with Gasteiger partial charge in [-0.3, -0.25) is 0 Å². The Labute approximate surface area is 96.3 Å². The van der Waals surface area contributed by atoms with Crippen LogP contribution < -0.4 is 10.6 Å². The van der Waals surface area contributed by atoms with E-state index in [0.29, 0.717) is 13.0 Å². The van der Waals surface area contributed by atoms with E-state index in [1.54, 1.807) is 0 Å². The van der Waals surface area contributed by atoms with Gasteiger partial charge in [0.05, 0.1) is 6.10 Å². The van der Waals surface area contributed by atoms with Gasteiger partial charge in [0.25, 0.3) is 0 Å². The van der Waals surface area contributed by atoms with Crippen molar-refractivity contribution in [1.29, 1.82) is 0 Å². The molecule has 16 heavy (non-hydrogen) atoms. The summed E-state index contributed by atoms with van der Waals surface area (Å²) in [4.78, 5) is 0. The molecule has 0 spiro atoms. The van der Waals surface area contributed by atoms with Crippen molar-refractivity contribution in [3.8, 4) is 0 Å². The van der Waals surface area contributed by atoms with E-state index >= 15 is 0 Å².